The van der Waals surface area contributed by atoms with Crippen LogP contribution in [0.25, 0.3) is 6.08 Å². The van der Waals surface area contributed by atoms with Crippen LogP contribution < -0.4 is 19.7 Å². The zero-order valence-electron chi connectivity index (χ0n) is 19.6. The van der Waals surface area contributed by atoms with Crippen LogP contribution in [0.1, 0.15) is 5.56 Å². The second-order valence-electron chi connectivity index (χ2n) is 7.59. The highest BCUT2D eigenvalue weighted by atomic mass is 79.9. The quantitative estimate of drug-likeness (QED) is 0.159. The van der Waals surface area contributed by atoms with Crippen molar-refractivity contribution in [1.82, 2.24) is 0 Å². The Labute approximate surface area is 241 Å². The minimum absolute atomic E-state index is 0.183. The Morgan fingerprint density at radius 3 is 2.73 bits per heavy atom. The van der Waals surface area contributed by atoms with Gasteiger partial charge in [-0.15, -0.1) is 11.8 Å². The highest BCUT2D eigenvalue weighted by Gasteiger charge is 2.33. The standard InChI is InChI=1S/C26H20BrClN2O4S3/c1-33-22-10-15(6-9-21(22)34-14-24(31)29-16-7-8-19(27)20(28)12-16)11-23-25(32)30(26(35)37-23)17-4-3-5-18(13-17)36-2/h3-13H,14H2,1-2H3,(H,29,31)/b23-11+. The van der Waals surface area contributed by atoms with Crippen LogP contribution in [0.3, 0.4) is 0 Å². The number of thiocarbonyl (C=S) groups is 1. The lowest BCUT2D eigenvalue weighted by Crippen LogP contribution is -2.27. The maximum atomic E-state index is 13.1. The lowest BCUT2D eigenvalue weighted by Gasteiger charge is -2.15. The largest absolute Gasteiger partial charge is 0.493 e. The third-order valence-electron chi connectivity index (χ3n) is 5.15. The number of halogens is 2. The highest BCUT2D eigenvalue weighted by Crippen LogP contribution is 2.38. The van der Waals surface area contributed by atoms with Crippen LogP contribution >= 0.6 is 63.3 Å². The molecule has 1 saturated heterocycles. The highest BCUT2D eigenvalue weighted by molar-refractivity contribution is 9.10. The molecule has 0 unspecified atom stereocenters. The van der Waals surface area contributed by atoms with E-state index in [9.17, 15) is 9.59 Å². The molecule has 0 atom stereocenters. The van der Waals surface area contributed by atoms with Crippen molar-refractivity contribution in [2.24, 2.45) is 0 Å². The van der Waals surface area contributed by atoms with E-state index in [-0.39, 0.29) is 18.4 Å². The average Bonchev–Trinajstić information content (AvgIpc) is 3.17. The van der Waals surface area contributed by atoms with Crippen LogP contribution in [0.4, 0.5) is 11.4 Å². The fraction of sp³-hybridized carbons (Fsp3) is 0.115. The summed E-state index contributed by atoms with van der Waals surface area (Å²) >= 11 is 17.7. The zero-order valence-corrected chi connectivity index (χ0v) is 24.4. The van der Waals surface area contributed by atoms with Crippen LogP contribution in [0.5, 0.6) is 11.5 Å². The van der Waals surface area contributed by atoms with Crippen molar-refractivity contribution in [2.45, 2.75) is 4.90 Å². The van der Waals surface area contributed by atoms with Gasteiger partial charge >= 0.3 is 0 Å². The molecule has 11 heteroatoms. The first-order valence-corrected chi connectivity index (χ1v) is 14.4. The third-order valence-corrected chi connectivity index (χ3v) is 8.41. The molecule has 0 aromatic heterocycles. The van der Waals surface area contributed by atoms with Crippen molar-refractivity contribution in [3.05, 3.63) is 80.6 Å². The molecular weight excluding hydrogens is 616 g/mol. The van der Waals surface area contributed by atoms with E-state index in [0.717, 1.165) is 20.6 Å². The van der Waals surface area contributed by atoms with E-state index >= 15 is 0 Å². The van der Waals surface area contributed by atoms with Gasteiger partial charge in [-0.25, -0.2) is 0 Å². The summed E-state index contributed by atoms with van der Waals surface area (Å²) < 4.78 is 12.3. The minimum atomic E-state index is -0.348. The van der Waals surface area contributed by atoms with Gasteiger partial charge in [-0.05, 0) is 82.4 Å². The maximum Gasteiger partial charge on any atom is 0.270 e. The number of nitrogens with one attached hydrogen (secondary N) is 1. The zero-order chi connectivity index (χ0) is 26.5. The Morgan fingerprint density at radius 1 is 1.19 bits per heavy atom. The predicted molar refractivity (Wildman–Crippen MR) is 160 cm³/mol. The number of thioether (sulfide) groups is 2. The van der Waals surface area contributed by atoms with Gasteiger partial charge in [0.25, 0.3) is 11.8 Å². The molecule has 37 heavy (non-hydrogen) atoms. The number of hydrogen-bond acceptors (Lipinski definition) is 7. The molecule has 3 aromatic rings. The van der Waals surface area contributed by atoms with Gasteiger partial charge in [-0.2, -0.15) is 0 Å². The van der Waals surface area contributed by atoms with Crippen LogP contribution in [0, 0.1) is 0 Å². The van der Waals surface area contributed by atoms with Gasteiger partial charge in [0, 0.05) is 15.1 Å². The molecule has 1 aliphatic heterocycles. The van der Waals surface area contributed by atoms with Crippen molar-refractivity contribution >= 4 is 96.9 Å². The Balaban J connectivity index is 1.45. The Morgan fingerprint density at radius 2 is 2.00 bits per heavy atom. The molecule has 1 fully saturated rings. The first-order chi connectivity index (χ1) is 17.8. The van der Waals surface area contributed by atoms with Gasteiger partial charge in [0.15, 0.2) is 22.4 Å². The van der Waals surface area contributed by atoms with Gasteiger partial charge in [0.05, 0.1) is 22.7 Å². The number of carbonyl (C=O) groups is 2. The number of amides is 2. The van der Waals surface area contributed by atoms with Gasteiger partial charge < -0.3 is 14.8 Å². The number of rotatable bonds is 8. The van der Waals surface area contributed by atoms with E-state index in [1.807, 2.05) is 30.5 Å². The predicted octanol–water partition coefficient (Wildman–Crippen LogP) is 7.26. The normalized spacial score (nSPS) is 14.3. The molecule has 0 radical (unpaired) electrons. The van der Waals surface area contributed by atoms with Crippen LogP contribution in [-0.2, 0) is 9.59 Å². The summed E-state index contributed by atoms with van der Waals surface area (Å²) in [4.78, 5) is 28.6. The number of hydrogen-bond donors (Lipinski definition) is 1. The Hall–Kier alpha value is -2.50. The number of anilines is 2. The Kier molecular flexibility index (Phi) is 9.20. The molecule has 4 rings (SSSR count). The lowest BCUT2D eigenvalue weighted by atomic mass is 10.2. The van der Waals surface area contributed by atoms with E-state index in [1.165, 1.54) is 23.8 Å². The first kappa shape index (κ1) is 27.5. The van der Waals surface area contributed by atoms with E-state index < -0.39 is 0 Å². The lowest BCUT2D eigenvalue weighted by molar-refractivity contribution is -0.118. The number of benzene rings is 3. The third kappa shape index (κ3) is 6.69. The minimum Gasteiger partial charge on any atom is -0.493 e. The summed E-state index contributed by atoms with van der Waals surface area (Å²) in [6, 6.07) is 18.0. The first-order valence-electron chi connectivity index (χ1n) is 10.8. The van der Waals surface area contributed by atoms with Crippen molar-refractivity contribution in [2.75, 3.05) is 30.2 Å². The molecule has 1 N–H and O–H groups in total. The van der Waals surface area contributed by atoms with E-state index in [2.05, 4.69) is 21.2 Å². The van der Waals surface area contributed by atoms with Crippen molar-refractivity contribution < 1.29 is 19.1 Å². The topological polar surface area (TPSA) is 67.9 Å². The second kappa shape index (κ2) is 12.4. The number of methoxy groups -OCH3 is 1. The number of nitrogens with zero attached hydrogens (tertiary/aromatic N) is 1. The van der Waals surface area contributed by atoms with Gasteiger partial charge in [0.1, 0.15) is 0 Å². The fourth-order valence-corrected chi connectivity index (χ4v) is 5.58. The molecule has 3 aromatic carbocycles. The van der Waals surface area contributed by atoms with Crippen LogP contribution in [0.2, 0.25) is 5.02 Å². The SMILES string of the molecule is COc1cc(/C=C2/SC(=S)N(c3cccc(SC)c3)C2=O)ccc1OCC(=O)Nc1ccc(Br)c(Cl)c1. The summed E-state index contributed by atoms with van der Waals surface area (Å²) in [5.41, 5.74) is 2.03. The summed E-state index contributed by atoms with van der Waals surface area (Å²) in [5.74, 6) is 0.289. The monoisotopic (exact) mass is 634 g/mol. The van der Waals surface area contributed by atoms with Gasteiger partial charge in [-0.1, -0.05) is 47.7 Å². The van der Waals surface area contributed by atoms with Crippen LogP contribution in [-0.4, -0.2) is 36.1 Å². The number of carbonyl (C=O) groups excluding carboxylic acids is 2. The van der Waals surface area contributed by atoms with Crippen molar-refractivity contribution in [3.63, 3.8) is 0 Å². The molecule has 6 nitrogen and oxygen atoms in total. The van der Waals surface area contributed by atoms with Crippen molar-refractivity contribution in [1.29, 1.82) is 0 Å². The fourth-order valence-electron chi connectivity index (χ4n) is 3.40. The molecule has 2 amide bonds. The number of ether oxygens (including phenoxy) is 2. The second-order valence-corrected chi connectivity index (χ2v) is 11.4. The molecule has 0 saturated carbocycles. The summed E-state index contributed by atoms with van der Waals surface area (Å²) in [7, 11) is 1.51. The molecule has 190 valence electrons. The summed E-state index contributed by atoms with van der Waals surface area (Å²) in [6.45, 7) is -0.225. The summed E-state index contributed by atoms with van der Waals surface area (Å²) in [6.07, 6.45) is 3.74. The van der Waals surface area contributed by atoms with Crippen molar-refractivity contribution in [3.8, 4) is 11.5 Å². The van der Waals surface area contributed by atoms with Gasteiger partial charge in [0.2, 0.25) is 0 Å². The van der Waals surface area contributed by atoms with Crippen LogP contribution in [0.15, 0.2) is 74.9 Å². The molecule has 0 bridgehead atoms. The molecule has 1 aliphatic rings. The van der Waals surface area contributed by atoms with Gasteiger partial charge in [-0.3, -0.25) is 14.5 Å². The molecular formula is C26H20BrClN2O4S3. The average molecular weight is 636 g/mol. The van der Waals surface area contributed by atoms with E-state index in [4.69, 9.17) is 33.3 Å². The molecule has 1 heterocycles. The van der Waals surface area contributed by atoms with E-state index in [1.54, 1.807) is 54.2 Å². The van der Waals surface area contributed by atoms with E-state index in [0.29, 0.717) is 31.4 Å². The molecule has 0 aliphatic carbocycles. The molecule has 0 spiro atoms. The smallest absolute Gasteiger partial charge is 0.270 e. The summed E-state index contributed by atoms with van der Waals surface area (Å²) in [5, 5.41) is 3.22. The maximum absolute atomic E-state index is 13.1. The Bertz CT molecular complexity index is 1420.